The van der Waals surface area contributed by atoms with Gasteiger partial charge in [-0.3, -0.25) is 14.8 Å². The van der Waals surface area contributed by atoms with Gasteiger partial charge in [0.1, 0.15) is 0 Å². The minimum absolute atomic E-state index is 0.00648. The van der Waals surface area contributed by atoms with E-state index in [9.17, 15) is 10.1 Å². The summed E-state index contributed by atoms with van der Waals surface area (Å²) < 4.78 is 1.87. The van der Waals surface area contributed by atoms with Gasteiger partial charge in [-0.1, -0.05) is 11.6 Å². The van der Waals surface area contributed by atoms with Crippen molar-refractivity contribution in [1.82, 2.24) is 9.78 Å². The number of anilines is 1. The highest BCUT2D eigenvalue weighted by Crippen LogP contribution is 2.30. The Morgan fingerprint density at radius 1 is 1.36 bits per heavy atom. The highest BCUT2D eigenvalue weighted by Gasteiger charge is 2.14. The SMILES string of the molecule is Cc1cc([N+](=O)[O-])cc(Cl)c1NCCc1c(C)nn(C)c1C. The number of aryl methyl sites for hydroxylation is 3. The smallest absolute Gasteiger partial charge is 0.271 e. The maximum absolute atomic E-state index is 10.8. The summed E-state index contributed by atoms with van der Waals surface area (Å²) in [5, 5.41) is 18.8. The average molecular weight is 323 g/mol. The molecule has 1 heterocycles. The number of halogens is 1. The molecule has 0 aliphatic carbocycles. The Kier molecular flexibility index (Phi) is 4.71. The molecule has 0 amide bonds. The maximum atomic E-state index is 10.8. The fourth-order valence-corrected chi connectivity index (χ4v) is 2.87. The molecule has 7 heteroatoms. The third-order valence-corrected chi connectivity index (χ3v) is 4.12. The van der Waals surface area contributed by atoms with Crippen LogP contribution in [0.25, 0.3) is 0 Å². The Morgan fingerprint density at radius 3 is 2.55 bits per heavy atom. The largest absolute Gasteiger partial charge is 0.383 e. The van der Waals surface area contributed by atoms with Gasteiger partial charge < -0.3 is 5.32 Å². The van der Waals surface area contributed by atoms with E-state index in [2.05, 4.69) is 10.4 Å². The third-order valence-electron chi connectivity index (χ3n) is 3.82. The quantitative estimate of drug-likeness (QED) is 0.674. The van der Waals surface area contributed by atoms with Gasteiger partial charge in [-0.15, -0.1) is 0 Å². The van der Waals surface area contributed by atoms with E-state index in [0.717, 1.165) is 29.1 Å². The second-order valence-electron chi connectivity index (χ2n) is 5.33. The second-order valence-corrected chi connectivity index (χ2v) is 5.73. The first-order chi connectivity index (χ1) is 10.3. The molecular weight excluding hydrogens is 304 g/mol. The fraction of sp³-hybridized carbons (Fsp3) is 0.400. The predicted octanol–water partition coefficient (Wildman–Crippen LogP) is 3.56. The van der Waals surface area contributed by atoms with Crippen molar-refractivity contribution in [3.05, 3.63) is 49.8 Å². The molecular formula is C15H19ClN4O2. The molecule has 0 unspecified atom stereocenters. The molecule has 0 bridgehead atoms. The molecule has 2 rings (SSSR count). The normalized spacial score (nSPS) is 10.8. The summed E-state index contributed by atoms with van der Waals surface area (Å²) in [6.07, 6.45) is 0.818. The van der Waals surface area contributed by atoms with E-state index in [1.807, 2.05) is 32.5 Å². The zero-order valence-electron chi connectivity index (χ0n) is 13.1. The van der Waals surface area contributed by atoms with Crippen molar-refractivity contribution in [1.29, 1.82) is 0 Å². The van der Waals surface area contributed by atoms with E-state index >= 15 is 0 Å². The summed E-state index contributed by atoms with van der Waals surface area (Å²) in [4.78, 5) is 10.4. The molecule has 0 atom stereocenters. The van der Waals surface area contributed by atoms with Gasteiger partial charge in [0, 0.05) is 31.4 Å². The molecule has 118 valence electrons. The van der Waals surface area contributed by atoms with Gasteiger partial charge in [0.15, 0.2) is 0 Å². The lowest BCUT2D eigenvalue weighted by Gasteiger charge is -2.11. The van der Waals surface area contributed by atoms with Crippen LogP contribution in [0, 0.1) is 30.9 Å². The van der Waals surface area contributed by atoms with Crippen LogP contribution in [0.5, 0.6) is 0 Å². The van der Waals surface area contributed by atoms with Crippen molar-refractivity contribution in [3.8, 4) is 0 Å². The first kappa shape index (κ1) is 16.3. The number of hydrogen-bond acceptors (Lipinski definition) is 4. The Balaban J connectivity index is 2.11. The summed E-state index contributed by atoms with van der Waals surface area (Å²) in [6, 6.07) is 2.90. The Bertz CT molecular complexity index is 702. The lowest BCUT2D eigenvalue weighted by Crippen LogP contribution is -2.08. The molecule has 0 saturated carbocycles. The monoisotopic (exact) mass is 322 g/mol. The van der Waals surface area contributed by atoms with Crippen LogP contribution < -0.4 is 5.32 Å². The van der Waals surface area contributed by atoms with E-state index < -0.39 is 4.92 Å². The minimum atomic E-state index is -0.439. The van der Waals surface area contributed by atoms with Crippen LogP contribution in [0.2, 0.25) is 5.02 Å². The van der Waals surface area contributed by atoms with Crippen LogP contribution in [-0.4, -0.2) is 21.2 Å². The first-order valence-electron chi connectivity index (χ1n) is 6.98. The molecule has 0 saturated heterocycles. The average Bonchev–Trinajstić information content (AvgIpc) is 2.67. The Hall–Kier alpha value is -2.08. The number of nitrogens with one attached hydrogen (secondary N) is 1. The highest BCUT2D eigenvalue weighted by molar-refractivity contribution is 6.33. The van der Waals surface area contributed by atoms with Gasteiger partial charge >= 0.3 is 0 Å². The molecule has 0 aliphatic rings. The van der Waals surface area contributed by atoms with Gasteiger partial charge in [-0.25, -0.2) is 0 Å². The molecule has 6 nitrogen and oxygen atoms in total. The van der Waals surface area contributed by atoms with Gasteiger partial charge in [0.2, 0.25) is 0 Å². The van der Waals surface area contributed by atoms with Crippen LogP contribution in [-0.2, 0) is 13.5 Å². The van der Waals surface area contributed by atoms with Crippen LogP contribution in [0.4, 0.5) is 11.4 Å². The summed E-state index contributed by atoms with van der Waals surface area (Å²) >= 11 is 6.14. The van der Waals surface area contributed by atoms with Crippen LogP contribution in [0.1, 0.15) is 22.5 Å². The number of nitro benzene ring substituents is 1. The number of hydrogen-bond donors (Lipinski definition) is 1. The van der Waals surface area contributed by atoms with Gasteiger partial charge in [-0.05, 0) is 38.3 Å². The highest BCUT2D eigenvalue weighted by atomic mass is 35.5. The molecule has 0 fully saturated rings. The van der Waals surface area contributed by atoms with Crippen LogP contribution in [0.3, 0.4) is 0 Å². The lowest BCUT2D eigenvalue weighted by atomic mass is 10.1. The van der Waals surface area contributed by atoms with Gasteiger partial charge in [0.25, 0.3) is 5.69 Å². The number of rotatable bonds is 5. The van der Waals surface area contributed by atoms with Gasteiger partial charge in [-0.2, -0.15) is 5.10 Å². The molecule has 0 spiro atoms. The van der Waals surface area contributed by atoms with E-state index in [-0.39, 0.29) is 5.69 Å². The number of nitrogens with zero attached hydrogens (tertiary/aromatic N) is 3. The van der Waals surface area contributed by atoms with E-state index in [1.165, 1.54) is 17.7 Å². The van der Waals surface area contributed by atoms with E-state index in [1.54, 1.807) is 0 Å². The van der Waals surface area contributed by atoms with Crippen molar-refractivity contribution in [2.75, 3.05) is 11.9 Å². The van der Waals surface area contributed by atoms with Crippen molar-refractivity contribution in [2.24, 2.45) is 7.05 Å². The van der Waals surface area contributed by atoms with Crippen molar-refractivity contribution < 1.29 is 4.92 Å². The molecule has 2 aromatic rings. The third kappa shape index (κ3) is 3.22. The van der Waals surface area contributed by atoms with Crippen molar-refractivity contribution >= 4 is 23.0 Å². The Morgan fingerprint density at radius 2 is 2.05 bits per heavy atom. The lowest BCUT2D eigenvalue weighted by molar-refractivity contribution is -0.384. The minimum Gasteiger partial charge on any atom is -0.383 e. The number of aromatic nitrogens is 2. The van der Waals surface area contributed by atoms with Crippen LogP contribution >= 0.6 is 11.6 Å². The van der Waals surface area contributed by atoms with Crippen LogP contribution in [0.15, 0.2) is 12.1 Å². The predicted molar refractivity (Wildman–Crippen MR) is 87.7 cm³/mol. The zero-order chi connectivity index (χ0) is 16.4. The summed E-state index contributed by atoms with van der Waals surface area (Å²) in [5.41, 5.74) is 4.89. The molecule has 0 aliphatic heterocycles. The zero-order valence-corrected chi connectivity index (χ0v) is 13.9. The summed E-state index contributed by atoms with van der Waals surface area (Å²) in [6.45, 7) is 6.53. The summed E-state index contributed by atoms with van der Waals surface area (Å²) in [7, 11) is 1.93. The number of benzene rings is 1. The van der Waals surface area contributed by atoms with E-state index in [0.29, 0.717) is 11.6 Å². The fourth-order valence-electron chi connectivity index (χ4n) is 2.55. The second kappa shape index (κ2) is 6.36. The van der Waals surface area contributed by atoms with Gasteiger partial charge in [0.05, 0.1) is 21.3 Å². The summed E-state index contributed by atoms with van der Waals surface area (Å²) in [5.74, 6) is 0. The number of non-ortho nitro benzene ring substituents is 1. The molecule has 1 aromatic heterocycles. The number of nitro groups is 1. The van der Waals surface area contributed by atoms with E-state index in [4.69, 9.17) is 11.6 Å². The molecule has 0 radical (unpaired) electrons. The molecule has 22 heavy (non-hydrogen) atoms. The molecule has 1 aromatic carbocycles. The first-order valence-corrected chi connectivity index (χ1v) is 7.36. The maximum Gasteiger partial charge on any atom is 0.271 e. The standard InChI is InChI=1S/C15H19ClN4O2/c1-9-7-12(20(21)22)8-14(16)15(9)17-6-5-13-10(2)18-19(4)11(13)3/h7-8,17H,5-6H2,1-4H3. The van der Waals surface area contributed by atoms with Crippen molar-refractivity contribution in [2.45, 2.75) is 27.2 Å². The topological polar surface area (TPSA) is 73.0 Å². The van der Waals surface area contributed by atoms with Crippen molar-refractivity contribution in [3.63, 3.8) is 0 Å². The Labute approximate surface area is 134 Å². The molecule has 1 N–H and O–H groups in total.